The van der Waals surface area contributed by atoms with E-state index >= 15 is 0 Å². The smallest absolute Gasteiger partial charge is 0.0388 e. The summed E-state index contributed by atoms with van der Waals surface area (Å²) >= 11 is 1.91. The lowest BCUT2D eigenvalue weighted by molar-refractivity contribution is 0.583. The molecule has 20 heavy (non-hydrogen) atoms. The zero-order valence-corrected chi connectivity index (χ0v) is 13.6. The van der Waals surface area contributed by atoms with E-state index in [2.05, 4.69) is 74.6 Å². The van der Waals surface area contributed by atoms with Gasteiger partial charge in [-0.2, -0.15) is 0 Å². The molecule has 0 spiro atoms. The third-order valence-electron chi connectivity index (χ3n) is 3.52. The van der Waals surface area contributed by atoms with E-state index in [1.54, 1.807) is 0 Å². The van der Waals surface area contributed by atoms with E-state index in [4.69, 9.17) is 0 Å². The van der Waals surface area contributed by atoms with Gasteiger partial charge in [0.2, 0.25) is 0 Å². The lowest BCUT2D eigenvalue weighted by Crippen LogP contribution is -2.17. The number of hydrogen-bond donors (Lipinski definition) is 1. The fourth-order valence-electron chi connectivity index (χ4n) is 2.10. The maximum Gasteiger partial charge on any atom is 0.0388 e. The van der Waals surface area contributed by atoms with Gasteiger partial charge in [0, 0.05) is 42.1 Å². The van der Waals surface area contributed by atoms with Crippen molar-refractivity contribution < 1.29 is 0 Å². The molecular formula is C17H24N2S. The minimum atomic E-state index is 0.411. The van der Waals surface area contributed by atoms with Gasteiger partial charge in [0.25, 0.3) is 0 Å². The Morgan fingerprint density at radius 2 is 1.80 bits per heavy atom. The van der Waals surface area contributed by atoms with Crippen LogP contribution in [0.5, 0.6) is 0 Å². The number of aryl methyl sites for hydroxylation is 1. The molecule has 0 amide bonds. The quantitative estimate of drug-likeness (QED) is 0.856. The van der Waals surface area contributed by atoms with Gasteiger partial charge in [-0.25, -0.2) is 0 Å². The van der Waals surface area contributed by atoms with Crippen LogP contribution in [0.2, 0.25) is 0 Å². The van der Waals surface area contributed by atoms with E-state index in [-0.39, 0.29) is 0 Å². The molecule has 1 N–H and O–H groups in total. The first-order chi connectivity index (χ1) is 9.60. The van der Waals surface area contributed by atoms with Gasteiger partial charge < -0.3 is 10.2 Å². The summed E-state index contributed by atoms with van der Waals surface area (Å²) in [6, 6.07) is 13.6. The van der Waals surface area contributed by atoms with Crippen molar-refractivity contribution in [2.24, 2.45) is 0 Å². The number of rotatable bonds is 6. The molecule has 3 heteroatoms. The summed E-state index contributed by atoms with van der Waals surface area (Å²) in [5.41, 5.74) is 2.57. The Morgan fingerprint density at radius 3 is 2.35 bits per heavy atom. The van der Waals surface area contributed by atoms with Gasteiger partial charge in [-0.15, -0.1) is 11.3 Å². The van der Waals surface area contributed by atoms with Crippen LogP contribution in [0.15, 0.2) is 36.4 Å². The minimum Gasteiger partial charge on any atom is -0.378 e. The SMILES string of the molecule is CCc1ccc(C(C)NCc2ccc(N(C)C)cc2)s1. The number of nitrogens with one attached hydrogen (secondary N) is 1. The van der Waals surface area contributed by atoms with Crippen molar-refractivity contribution in [2.75, 3.05) is 19.0 Å². The largest absolute Gasteiger partial charge is 0.378 e. The highest BCUT2D eigenvalue weighted by Gasteiger charge is 2.07. The molecule has 1 unspecified atom stereocenters. The molecule has 0 fully saturated rings. The number of benzene rings is 1. The number of nitrogens with zero attached hydrogens (tertiary/aromatic N) is 1. The van der Waals surface area contributed by atoms with E-state index in [0.717, 1.165) is 13.0 Å². The Morgan fingerprint density at radius 1 is 1.10 bits per heavy atom. The lowest BCUT2D eigenvalue weighted by Gasteiger charge is -2.15. The lowest BCUT2D eigenvalue weighted by atomic mass is 10.2. The molecule has 1 atom stereocenters. The van der Waals surface area contributed by atoms with Crippen molar-refractivity contribution in [3.8, 4) is 0 Å². The predicted molar refractivity (Wildman–Crippen MR) is 89.7 cm³/mol. The fraction of sp³-hybridized carbons (Fsp3) is 0.412. The van der Waals surface area contributed by atoms with E-state index in [0.29, 0.717) is 6.04 Å². The molecule has 0 radical (unpaired) electrons. The van der Waals surface area contributed by atoms with Crippen LogP contribution in [0.4, 0.5) is 5.69 Å². The number of hydrogen-bond acceptors (Lipinski definition) is 3. The normalized spacial score (nSPS) is 12.4. The van der Waals surface area contributed by atoms with Crippen molar-refractivity contribution in [3.05, 3.63) is 51.7 Å². The molecule has 0 aliphatic carbocycles. The molecule has 2 aromatic rings. The summed E-state index contributed by atoms with van der Waals surface area (Å²) < 4.78 is 0. The summed E-state index contributed by atoms with van der Waals surface area (Å²) in [6.45, 7) is 5.35. The zero-order valence-electron chi connectivity index (χ0n) is 12.8. The summed E-state index contributed by atoms with van der Waals surface area (Å²) in [7, 11) is 4.13. The highest BCUT2D eigenvalue weighted by molar-refractivity contribution is 7.12. The van der Waals surface area contributed by atoms with Gasteiger partial charge in [0.1, 0.15) is 0 Å². The first-order valence-electron chi connectivity index (χ1n) is 7.18. The van der Waals surface area contributed by atoms with Gasteiger partial charge in [-0.1, -0.05) is 19.1 Å². The maximum atomic E-state index is 3.60. The second-order valence-electron chi connectivity index (χ2n) is 5.32. The first kappa shape index (κ1) is 15.1. The highest BCUT2D eigenvalue weighted by atomic mass is 32.1. The molecule has 108 valence electrons. The van der Waals surface area contributed by atoms with Crippen molar-refractivity contribution in [2.45, 2.75) is 32.9 Å². The van der Waals surface area contributed by atoms with E-state index in [9.17, 15) is 0 Å². The van der Waals surface area contributed by atoms with Crippen LogP contribution in [-0.2, 0) is 13.0 Å². The molecule has 0 saturated carbocycles. The second-order valence-corrected chi connectivity index (χ2v) is 6.52. The van der Waals surface area contributed by atoms with Crippen LogP contribution in [0.25, 0.3) is 0 Å². The third kappa shape index (κ3) is 3.84. The molecule has 2 nitrogen and oxygen atoms in total. The molecule has 2 rings (SSSR count). The van der Waals surface area contributed by atoms with E-state index in [1.165, 1.54) is 21.0 Å². The van der Waals surface area contributed by atoms with Crippen molar-refractivity contribution in [1.82, 2.24) is 5.32 Å². The summed E-state index contributed by atoms with van der Waals surface area (Å²) in [4.78, 5) is 5.01. The van der Waals surface area contributed by atoms with E-state index < -0.39 is 0 Å². The van der Waals surface area contributed by atoms with Crippen LogP contribution < -0.4 is 10.2 Å². The highest BCUT2D eigenvalue weighted by Crippen LogP contribution is 2.23. The monoisotopic (exact) mass is 288 g/mol. The molecular weight excluding hydrogens is 264 g/mol. The maximum absolute atomic E-state index is 3.60. The molecule has 1 aromatic heterocycles. The van der Waals surface area contributed by atoms with E-state index in [1.807, 2.05) is 11.3 Å². The van der Waals surface area contributed by atoms with Crippen LogP contribution in [0.3, 0.4) is 0 Å². The average molecular weight is 288 g/mol. The van der Waals surface area contributed by atoms with Crippen molar-refractivity contribution in [1.29, 1.82) is 0 Å². The topological polar surface area (TPSA) is 15.3 Å². The van der Waals surface area contributed by atoms with Crippen LogP contribution >= 0.6 is 11.3 Å². The van der Waals surface area contributed by atoms with Crippen molar-refractivity contribution in [3.63, 3.8) is 0 Å². The fourth-order valence-corrected chi connectivity index (χ4v) is 3.08. The Labute approximate surface area is 126 Å². The van der Waals surface area contributed by atoms with Crippen molar-refractivity contribution >= 4 is 17.0 Å². The van der Waals surface area contributed by atoms with Gasteiger partial charge >= 0.3 is 0 Å². The van der Waals surface area contributed by atoms with Gasteiger partial charge in [0.05, 0.1) is 0 Å². The molecule has 0 bridgehead atoms. The van der Waals surface area contributed by atoms with Gasteiger partial charge in [-0.05, 0) is 43.2 Å². The molecule has 1 aromatic carbocycles. The summed E-state index contributed by atoms with van der Waals surface area (Å²) in [6.07, 6.45) is 1.13. The molecule has 0 aliphatic rings. The minimum absolute atomic E-state index is 0.411. The first-order valence-corrected chi connectivity index (χ1v) is 8.00. The summed E-state index contributed by atoms with van der Waals surface area (Å²) in [5, 5.41) is 3.60. The van der Waals surface area contributed by atoms with Gasteiger partial charge in [-0.3, -0.25) is 0 Å². The standard InChI is InChI=1S/C17H24N2S/c1-5-16-10-11-17(20-16)13(2)18-12-14-6-8-15(9-7-14)19(3)4/h6-11,13,18H,5,12H2,1-4H3. The van der Waals surface area contributed by atoms with Crippen LogP contribution in [-0.4, -0.2) is 14.1 Å². The second kappa shape index (κ2) is 6.91. The molecule has 0 saturated heterocycles. The molecule has 1 heterocycles. The molecule has 0 aliphatic heterocycles. The predicted octanol–water partition coefficient (Wildman–Crippen LogP) is 4.23. The third-order valence-corrected chi connectivity index (χ3v) is 4.94. The van der Waals surface area contributed by atoms with Gasteiger partial charge in [0.15, 0.2) is 0 Å². The Hall–Kier alpha value is -1.32. The van der Waals surface area contributed by atoms with Crippen LogP contribution in [0, 0.1) is 0 Å². The zero-order chi connectivity index (χ0) is 14.5. The summed E-state index contributed by atoms with van der Waals surface area (Å²) in [5.74, 6) is 0. The Kier molecular flexibility index (Phi) is 5.21. The number of anilines is 1. The average Bonchev–Trinajstić information content (AvgIpc) is 2.94. The Balaban J connectivity index is 1.91. The van der Waals surface area contributed by atoms with Crippen LogP contribution in [0.1, 0.15) is 35.2 Å². The number of thiophene rings is 1. The Bertz CT molecular complexity index is 528.